The van der Waals surface area contributed by atoms with Crippen molar-refractivity contribution in [3.63, 3.8) is 0 Å². The highest BCUT2D eigenvalue weighted by Crippen LogP contribution is 2.28. The minimum atomic E-state index is -0.493. The average Bonchev–Trinajstić information content (AvgIpc) is 2.54. The van der Waals surface area contributed by atoms with Gasteiger partial charge < -0.3 is 10.5 Å². The van der Waals surface area contributed by atoms with Gasteiger partial charge in [-0.2, -0.15) is 5.06 Å². The summed E-state index contributed by atoms with van der Waals surface area (Å²) in [5.74, 6) is -0.483. The number of carbonyl (C=O) groups excluding carboxylic acids is 2. The van der Waals surface area contributed by atoms with Crippen LogP contribution < -0.4 is 5.73 Å². The molecule has 0 spiro atoms. The largest absolute Gasteiger partial charge is 0.443 e. The van der Waals surface area contributed by atoms with E-state index in [1.54, 1.807) is 24.3 Å². The van der Waals surface area contributed by atoms with E-state index in [-0.39, 0.29) is 18.8 Å². The van der Waals surface area contributed by atoms with Crippen LogP contribution in [0.2, 0.25) is 0 Å². The average molecular weight is 288 g/mol. The van der Waals surface area contributed by atoms with E-state index in [4.69, 9.17) is 15.3 Å². The topological polar surface area (TPSA) is 81.9 Å². The van der Waals surface area contributed by atoms with E-state index in [9.17, 15) is 9.59 Å². The molecule has 1 aromatic rings. The normalized spacial score (nSPS) is 23.1. The van der Waals surface area contributed by atoms with Crippen LogP contribution in [0.4, 0.5) is 4.79 Å². The summed E-state index contributed by atoms with van der Waals surface area (Å²) in [6.07, 6.45) is 5.25. The predicted octanol–water partition coefficient (Wildman–Crippen LogP) is 1.76. The van der Waals surface area contributed by atoms with E-state index in [1.165, 1.54) is 5.06 Å². The molecule has 1 aliphatic carbocycles. The Hall–Kier alpha value is -2.34. The Morgan fingerprint density at radius 2 is 2.00 bits per heavy atom. The summed E-state index contributed by atoms with van der Waals surface area (Å²) in [5, 5.41) is 1.30. The molecule has 4 rings (SSSR count). The Morgan fingerprint density at radius 1 is 1.24 bits per heavy atom. The maximum absolute atomic E-state index is 12.0. The lowest BCUT2D eigenvalue weighted by molar-refractivity contribution is -0.209. The zero-order valence-electron chi connectivity index (χ0n) is 11.4. The number of amides is 2. The molecule has 1 aromatic carbocycles. The fraction of sp³-hybridized carbons (Fsp3) is 0.333. The zero-order valence-corrected chi connectivity index (χ0v) is 11.4. The third-order valence-corrected chi connectivity index (χ3v) is 3.63. The highest BCUT2D eigenvalue weighted by atomic mass is 16.7. The zero-order chi connectivity index (χ0) is 14.8. The molecule has 6 heteroatoms. The van der Waals surface area contributed by atoms with Gasteiger partial charge in [-0.1, -0.05) is 24.3 Å². The molecule has 21 heavy (non-hydrogen) atoms. The number of nitrogens with zero attached hydrogens (tertiary/aromatic N) is 1. The van der Waals surface area contributed by atoms with E-state index in [1.807, 2.05) is 12.2 Å². The van der Waals surface area contributed by atoms with Gasteiger partial charge in [0.25, 0.3) is 0 Å². The smallest absolute Gasteiger partial charge is 0.434 e. The van der Waals surface area contributed by atoms with Crippen molar-refractivity contribution in [2.45, 2.75) is 31.6 Å². The van der Waals surface area contributed by atoms with Crippen molar-refractivity contribution in [1.82, 2.24) is 5.06 Å². The van der Waals surface area contributed by atoms with Gasteiger partial charge in [0, 0.05) is 5.56 Å². The number of rotatable bonds is 3. The van der Waals surface area contributed by atoms with Gasteiger partial charge in [0.1, 0.15) is 12.7 Å². The number of hydrogen-bond donors (Lipinski definition) is 1. The molecule has 0 radical (unpaired) electrons. The molecule has 2 atom stereocenters. The van der Waals surface area contributed by atoms with Gasteiger partial charge in [0.15, 0.2) is 0 Å². The second kappa shape index (κ2) is 5.57. The molecule has 2 bridgehead atoms. The van der Waals surface area contributed by atoms with Crippen molar-refractivity contribution >= 4 is 12.0 Å². The molecular formula is C15H16N2O4. The fourth-order valence-corrected chi connectivity index (χ4v) is 2.44. The van der Waals surface area contributed by atoms with Crippen LogP contribution in [0, 0.1) is 0 Å². The summed E-state index contributed by atoms with van der Waals surface area (Å²) < 4.78 is 5.23. The summed E-state index contributed by atoms with van der Waals surface area (Å²) in [4.78, 5) is 28.5. The Labute approximate surface area is 122 Å². The molecule has 1 fully saturated rings. The van der Waals surface area contributed by atoms with E-state index < -0.39 is 12.0 Å². The summed E-state index contributed by atoms with van der Waals surface area (Å²) in [7, 11) is 0. The van der Waals surface area contributed by atoms with Crippen molar-refractivity contribution in [3.8, 4) is 0 Å². The standard InChI is InChI=1S/C15H16N2O4/c16-14(18)11-3-1-10(2-4-11)9-20-15(19)17-12-5-7-13(21-17)8-6-12/h1-5,7,12-13H,6,8-9H2,(H2,16,18)/t12-,13+/m1/s1. The van der Waals surface area contributed by atoms with Gasteiger partial charge in [-0.3, -0.25) is 9.63 Å². The van der Waals surface area contributed by atoms with E-state index in [0.717, 1.165) is 18.4 Å². The summed E-state index contributed by atoms with van der Waals surface area (Å²) in [6, 6.07) is 6.58. The first-order valence-electron chi connectivity index (χ1n) is 6.83. The van der Waals surface area contributed by atoms with E-state index in [0.29, 0.717) is 5.56 Å². The number of hydroxylamine groups is 2. The number of fused-ring (bicyclic) bond motifs is 2. The van der Waals surface area contributed by atoms with E-state index >= 15 is 0 Å². The van der Waals surface area contributed by atoms with Crippen LogP contribution in [0.15, 0.2) is 36.4 Å². The summed E-state index contributed by atoms with van der Waals surface area (Å²) >= 11 is 0. The van der Waals surface area contributed by atoms with Crippen LogP contribution in [0.25, 0.3) is 0 Å². The van der Waals surface area contributed by atoms with Gasteiger partial charge in [0.05, 0.1) is 6.04 Å². The number of benzene rings is 1. The maximum Gasteiger partial charge on any atom is 0.434 e. The maximum atomic E-state index is 12.0. The number of carbonyl (C=O) groups is 2. The second-order valence-corrected chi connectivity index (χ2v) is 5.12. The third-order valence-electron chi connectivity index (χ3n) is 3.63. The number of ether oxygens (including phenoxy) is 1. The molecule has 1 saturated heterocycles. The molecule has 0 aromatic heterocycles. The first-order chi connectivity index (χ1) is 10.1. The van der Waals surface area contributed by atoms with Crippen LogP contribution >= 0.6 is 0 Å². The van der Waals surface area contributed by atoms with Crippen molar-refractivity contribution in [3.05, 3.63) is 47.5 Å². The van der Waals surface area contributed by atoms with Crippen molar-refractivity contribution in [1.29, 1.82) is 0 Å². The SMILES string of the molecule is NC(=O)c1ccc(COC(=O)N2O[C@H]3C=C[C@@H]2CC3)cc1. The molecule has 3 aliphatic rings. The van der Waals surface area contributed by atoms with Crippen LogP contribution in [0.3, 0.4) is 0 Å². The number of primary amides is 1. The van der Waals surface area contributed by atoms with Gasteiger partial charge in [-0.05, 0) is 30.5 Å². The molecule has 110 valence electrons. The molecular weight excluding hydrogens is 272 g/mol. The Morgan fingerprint density at radius 3 is 2.52 bits per heavy atom. The minimum Gasteiger partial charge on any atom is -0.443 e. The second-order valence-electron chi connectivity index (χ2n) is 5.12. The summed E-state index contributed by atoms with van der Waals surface area (Å²) in [5.41, 5.74) is 6.37. The van der Waals surface area contributed by atoms with Gasteiger partial charge >= 0.3 is 6.09 Å². The third kappa shape index (κ3) is 2.90. The Bertz CT molecular complexity index is 582. The summed E-state index contributed by atoms with van der Waals surface area (Å²) in [6.45, 7) is 0.124. The quantitative estimate of drug-likeness (QED) is 0.859. The number of hydrogen-bond acceptors (Lipinski definition) is 4. The first-order valence-corrected chi connectivity index (χ1v) is 6.83. The molecule has 2 heterocycles. The molecule has 6 nitrogen and oxygen atoms in total. The van der Waals surface area contributed by atoms with Crippen molar-refractivity contribution in [2.75, 3.05) is 0 Å². The molecule has 2 amide bonds. The Kier molecular flexibility index (Phi) is 3.62. The molecule has 0 saturated carbocycles. The van der Waals surface area contributed by atoms with Crippen LogP contribution in [-0.4, -0.2) is 29.2 Å². The molecule has 0 unspecified atom stereocenters. The highest BCUT2D eigenvalue weighted by molar-refractivity contribution is 5.92. The lowest BCUT2D eigenvalue weighted by atomic mass is 9.99. The Balaban J connectivity index is 1.56. The first kappa shape index (κ1) is 13.6. The lowest BCUT2D eigenvalue weighted by Gasteiger charge is -2.39. The molecule has 2 N–H and O–H groups in total. The monoisotopic (exact) mass is 288 g/mol. The fourth-order valence-electron chi connectivity index (χ4n) is 2.44. The van der Waals surface area contributed by atoms with Crippen molar-refractivity contribution < 1.29 is 19.2 Å². The predicted molar refractivity (Wildman–Crippen MR) is 74.0 cm³/mol. The van der Waals surface area contributed by atoms with Crippen LogP contribution in [-0.2, 0) is 16.2 Å². The minimum absolute atomic E-state index is 0.0302. The molecule has 2 aliphatic heterocycles. The lowest BCUT2D eigenvalue weighted by Crippen LogP contribution is -2.48. The number of nitrogens with two attached hydrogens (primary N) is 1. The van der Waals surface area contributed by atoms with Gasteiger partial charge in [0.2, 0.25) is 5.91 Å². The van der Waals surface area contributed by atoms with E-state index in [2.05, 4.69) is 0 Å². The van der Waals surface area contributed by atoms with Crippen LogP contribution in [0.1, 0.15) is 28.8 Å². The van der Waals surface area contributed by atoms with Crippen LogP contribution in [0.5, 0.6) is 0 Å². The van der Waals surface area contributed by atoms with Crippen molar-refractivity contribution in [2.24, 2.45) is 5.73 Å². The van der Waals surface area contributed by atoms with Gasteiger partial charge in [-0.15, -0.1) is 0 Å². The highest BCUT2D eigenvalue weighted by Gasteiger charge is 2.35. The van der Waals surface area contributed by atoms with Gasteiger partial charge in [-0.25, -0.2) is 4.79 Å².